The predicted molar refractivity (Wildman–Crippen MR) is 133 cm³/mol. The summed E-state index contributed by atoms with van der Waals surface area (Å²) in [6.07, 6.45) is -5.09. The van der Waals surface area contributed by atoms with Crippen LogP contribution in [0.15, 0.2) is 70.6 Å². The molecule has 35 heavy (non-hydrogen) atoms. The first kappa shape index (κ1) is 32.9. The molecule has 0 saturated heterocycles. The van der Waals surface area contributed by atoms with Gasteiger partial charge in [0.25, 0.3) is 0 Å². The predicted octanol–water partition coefficient (Wildman–Crippen LogP) is 7.41. The molecule has 1 aromatic heterocycles. The molecule has 3 aromatic rings. The van der Waals surface area contributed by atoms with E-state index in [9.17, 15) is 13.2 Å². The van der Waals surface area contributed by atoms with Crippen LogP contribution in [0, 0.1) is 21.3 Å². The summed E-state index contributed by atoms with van der Waals surface area (Å²) >= 11 is -1.77. The SMILES string of the molecule is CC(=Nc1ccccc1C)c1ccc(C(C)=Nc2ccccc2C)s1.O=S([O-])OC(F)(F)F.[CH3-].[Fe+2]. The third kappa shape index (κ3) is 11.4. The molecule has 2 aromatic carbocycles. The summed E-state index contributed by atoms with van der Waals surface area (Å²) in [6, 6.07) is 20.7. The van der Waals surface area contributed by atoms with Crippen molar-refractivity contribution in [3.63, 3.8) is 0 Å². The number of alkyl halides is 3. The molecule has 0 saturated carbocycles. The number of halogens is 3. The molecule has 0 radical (unpaired) electrons. The first-order valence-electron chi connectivity index (χ1n) is 9.64. The van der Waals surface area contributed by atoms with Gasteiger partial charge >= 0.3 is 23.4 Å². The fourth-order valence-electron chi connectivity index (χ4n) is 2.65. The van der Waals surface area contributed by atoms with Crippen LogP contribution < -0.4 is 0 Å². The van der Waals surface area contributed by atoms with Crippen molar-refractivity contribution in [1.82, 2.24) is 0 Å². The van der Waals surface area contributed by atoms with Crippen LogP contribution in [0.4, 0.5) is 24.5 Å². The summed E-state index contributed by atoms with van der Waals surface area (Å²) in [4.78, 5) is 11.9. The molecule has 0 bridgehead atoms. The van der Waals surface area contributed by atoms with Crippen molar-refractivity contribution in [3.05, 3.63) is 89.0 Å². The molecule has 0 aliphatic rings. The van der Waals surface area contributed by atoms with Crippen LogP contribution in [0.5, 0.6) is 0 Å². The number of aryl methyl sites for hydroxylation is 2. The Labute approximate surface area is 221 Å². The van der Waals surface area contributed by atoms with Crippen molar-refractivity contribution < 1.29 is 43.2 Å². The third-order valence-electron chi connectivity index (χ3n) is 4.29. The van der Waals surface area contributed by atoms with Crippen LogP contribution in [0.2, 0.25) is 0 Å². The maximum Gasteiger partial charge on any atom is 2.00 e. The zero-order chi connectivity index (χ0) is 24.6. The fourth-order valence-corrected chi connectivity index (χ4v) is 3.70. The van der Waals surface area contributed by atoms with Crippen molar-refractivity contribution >= 4 is 45.5 Å². The maximum atomic E-state index is 10.7. The Hall–Kier alpha value is -2.14. The van der Waals surface area contributed by atoms with Gasteiger partial charge in [0.1, 0.15) is 0 Å². The van der Waals surface area contributed by atoms with Crippen LogP contribution in [0.1, 0.15) is 34.7 Å². The van der Waals surface area contributed by atoms with Gasteiger partial charge < -0.3 is 12.0 Å². The van der Waals surface area contributed by atoms with Gasteiger partial charge in [-0.2, -0.15) is 0 Å². The Morgan fingerprint density at radius 2 is 1.23 bits per heavy atom. The van der Waals surface area contributed by atoms with Crippen molar-refractivity contribution in [2.75, 3.05) is 0 Å². The van der Waals surface area contributed by atoms with E-state index in [0.29, 0.717) is 0 Å². The van der Waals surface area contributed by atoms with Crippen LogP contribution in [-0.4, -0.2) is 26.5 Å². The molecule has 1 atom stereocenters. The Balaban J connectivity index is 0.00000101. The number of hydrogen-bond donors (Lipinski definition) is 0. The maximum absolute atomic E-state index is 10.7. The zero-order valence-corrected chi connectivity index (χ0v) is 22.4. The van der Waals surface area contributed by atoms with Crippen LogP contribution in [-0.2, 0) is 32.6 Å². The molecule has 5 nitrogen and oxygen atoms in total. The van der Waals surface area contributed by atoms with Gasteiger partial charge in [0.15, 0.2) is 0 Å². The van der Waals surface area contributed by atoms with Crippen molar-refractivity contribution in [3.8, 4) is 0 Å². The first-order valence-corrected chi connectivity index (χ1v) is 11.5. The Morgan fingerprint density at radius 1 is 0.857 bits per heavy atom. The summed E-state index contributed by atoms with van der Waals surface area (Å²) in [6.45, 7) is 8.31. The second-order valence-electron chi connectivity index (χ2n) is 6.86. The van der Waals surface area contributed by atoms with Gasteiger partial charge in [0, 0.05) is 9.75 Å². The Morgan fingerprint density at radius 3 is 1.51 bits per heavy atom. The van der Waals surface area contributed by atoms with E-state index in [1.807, 2.05) is 24.3 Å². The molecule has 0 fully saturated rings. The van der Waals surface area contributed by atoms with E-state index in [2.05, 4.69) is 68.3 Å². The molecule has 3 rings (SSSR count). The summed E-state index contributed by atoms with van der Waals surface area (Å²) in [5, 5.41) is 0. The number of nitrogens with zero attached hydrogens (tertiary/aromatic N) is 2. The van der Waals surface area contributed by atoms with E-state index in [4.69, 9.17) is 18.7 Å². The second kappa shape index (κ2) is 15.1. The van der Waals surface area contributed by atoms with Crippen LogP contribution in [0.25, 0.3) is 0 Å². The van der Waals surface area contributed by atoms with Crippen molar-refractivity contribution in [2.24, 2.45) is 9.98 Å². The van der Waals surface area contributed by atoms with Crippen LogP contribution in [0.3, 0.4) is 0 Å². The minimum absolute atomic E-state index is 0. The molecule has 190 valence electrons. The molecule has 0 spiro atoms. The summed E-state index contributed by atoms with van der Waals surface area (Å²) < 4.78 is 52.6. The second-order valence-corrected chi connectivity index (χ2v) is 8.52. The molecule has 1 heterocycles. The molecular formula is C24H25F3FeN2O3S2. The average molecular weight is 566 g/mol. The summed E-state index contributed by atoms with van der Waals surface area (Å²) in [7, 11) is 0. The third-order valence-corrected chi connectivity index (χ3v) is 5.92. The molecule has 0 aliphatic carbocycles. The van der Waals surface area contributed by atoms with E-state index >= 15 is 0 Å². The van der Waals surface area contributed by atoms with Gasteiger partial charge in [0.2, 0.25) is 0 Å². The van der Waals surface area contributed by atoms with Gasteiger partial charge in [0.05, 0.1) is 34.2 Å². The van der Waals surface area contributed by atoms with Crippen molar-refractivity contribution in [2.45, 2.75) is 34.1 Å². The standard InChI is InChI=1S/C22H22N2S.CHF3O3S.CH3.Fe/c1-15-9-5-7-11-19(15)23-17(3)21-13-14-22(25-21)18(4)24-20-12-8-6-10-16(20)2;2-1(3,4)7-8(5)6;;/h5-14H,1-4H3;(H,5,6);1H3;/q;;-1;+2/p-1. The number of benzene rings is 2. The Kier molecular flexibility index (Phi) is 14.2. The first-order chi connectivity index (χ1) is 15.5. The van der Waals surface area contributed by atoms with E-state index in [1.165, 1.54) is 20.9 Å². The Bertz CT molecular complexity index is 1100. The summed E-state index contributed by atoms with van der Waals surface area (Å²) in [5.41, 5.74) is 6.51. The van der Waals surface area contributed by atoms with Gasteiger partial charge in [-0.3, -0.25) is 9.98 Å². The minimum atomic E-state index is -5.09. The van der Waals surface area contributed by atoms with Crippen LogP contribution >= 0.6 is 11.3 Å². The number of rotatable bonds is 5. The molecular weight excluding hydrogens is 541 g/mol. The molecule has 0 N–H and O–H groups in total. The molecule has 0 aliphatic heterocycles. The van der Waals surface area contributed by atoms with Crippen molar-refractivity contribution in [1.29, 1.82) is 0 Å². The molecule has 11 heteroatoms. The largest absolute Gasteiger partial charge is 2.00 e. The molecule has 0 amide bonds. The zero-order valence-electron chi connectivity index (χ0n) is 19.7. The topological polar surface area (TPSA) is 74.1 Å². The average Bonchev–Trinajstić information content (AvgIpc) is 3.21. The quantitative estimate of drug-likeness (QED) is 0.140. The fraction of sp³-hybridized carbons (Fsp3) is 0.208. The summed E-state index contributed by atoms with van der Waals surface area (Å²) in [5.74, 6) is 0. The normalized spacial score (nSPS) is 12.6. The monoisotopic (exact) mass is 566 g/mol. The number of aliphatic imine (C=N–C) groups is 2. The van der Waals surface area contributed by atoms with E-state index in [0.717, 1.165) is 22.8 Å². The smallest absolute Gasteiger partial charge is 0.750 e. The van der Waals surface area contributed by atoms with E-state index in [1.54, 1.807) is 11.3 Å². The number of hydrogen-bond acceptors (Lipinski definition) is 6. The number of para-hydroxylation sites is 2. The van der Waals surface area contributed by atoms with E-state index < -0.39 is 17.7 Å². The van der Waals surface area contributed by atoms with Gasteiger partial charge in [-0.05, 0) is 63.1 Å². The molecule has 1 unspecified atom stereocenters. The number of thiophene rings is 1. The van der Waals surface area contributed by atoms with Gasteiger partial charge in [-0.15, -0.1) is 24.5 Å². The minimum Gasteiger partial charge on any atom is -0.750 e. The van der Waals surface area contributed by atoms with E-state index in [-0.39, 0.29) is 24.5 Å². The van der Waals surface area contributed by atoms with Gasteiger partial charge in [-0.1, -0.05) is 36.4 Å². The van der Waals surface area contributed by atoms with Gasteiger partial charge in [-0.25, -0.2) is 8.39 Å².